The molecule has 2 heterocycles. The quantitative estimate of drug-likeness (QED) is 0.940. The summed E-state index contributed by atoms with van der Waals surface area (Å²) < 4.78 is 5.55. The number of ether oxygens (including phenoxy) is 1. The maximum Gasteiger partial charge on any atom is 0.132 e. The number of pyridine rings is 1. The molecule has 1 aliphatic heterocycles. The van der Waals surface area contributed by atoms with Crippen molar-refractivity contribution in [1.82, 2.24) is 4.98 Å². The largest absolute Gasteiger partial charge is 0.377 e. The highest BCUT2D eigenvalue weighted by Crippen LogP contribution is 2.27. The summed E-state index contributed by atoms with van der Waals surface area (Å²) in [7, 11) is 0. The Balaban J connectivity index is 2.08. The van der Waals surface area contributed by atoms with E-state index in [1.165, 1.54) is 10.9 Å². The normalized spacial score (nSPS) is 20.7. The number of hydrogen-bond acceptors (Lipinski definition) is 4. The summed E-state index contributed by atoms with van der Waals surface area (Å²) in [5, 5.41) is 1.18. The van der Waals surface area contributed by atoms with Crippen LogP contribution in [0.15, 0.2) is 30.3 Å². The third kappa shape index (κ3) is 3.01. The molecule has 0 aliphatic carbocycles. The van der Waals surface area contributed by atoms with Gasteiger partial charge < -0.3 is 15.4 Å². The molecule has 3 rings (SSSR count). The highest BCUT2D eigenvalue weighted by atomic mass is 16.5. The van der Waals surface area contributed by atoms with Crippen molar-refractivity contribution in [3.05, 3.63) is 35.9 Å². The van der Waals surface area contributed by atoms with Gasteiger partial charge in [0, 0.05) is 18.0 Å². The van der Waals surface area contributed by atoms with Crippen LogP contribution in [0.25, 0.3) is 10.9 Å². The smallest absolute Gasteiger partial charge is 0.132 e. The fourth-order valence-corrected chi connectivity index (χ4v) is 2.94. The Morgan fingerprint density at radius 3 is 3.00 bits per heavy atom. The summed E-state index contributed by atoms with van der Waals surface area (Å²) in [4.78, 5) is 7.27. The van der Waals surface area contributed by atoms with Crippen molar-refractivity contribution in [2.75, 3.05) is 24.7 Å². The first kappa shape index (κ1) is 14.3. The van der Waals surface area contributed by atoms with Crippen LogP contribution in [0, 0.1) is 0 Å². The van der Waals surface area contributed by atoms with E-state index < -0.39 is 0 Å². The second-order valence-electron chi connectivity index (χ2n) is 5.96. The molecule has 1 saturated heterocycles. The number of benzene rings is 1. The van der Waals surface area contributed by atoms with Gasteiger partial charge in [-0.05, 0) is 38.0 Å². The molecule has 2 N–H and O–H groups in total. The molecule has 0 amide bonds. The number of morpholine rings is 1. The minimum Gasteiger partial charge on any atom is -0.377 e. The summed E-state index contributed by atoms with van der Waals surface area (Å²) >= 11 is 0. The second kappa shape index (κ2) is 6.00. The maximum absolute atomic E-state index is 6.03. The van der Waals surface area contributed by atoms with Crippen molar-refractivity contribution in [2.24, 2.45) is 5.73 Å². The first-order valence-electron chi connectivity index (χ1n) is 7.64. The van der Waals surface area contributed by atoms with Crippen LogP contribution in [0.4, 0.5) is 5.82 Å². The van der Waals surface area contributed by atoms with Gasteiger partial charge in [0.1, 0.15) is 5.82 Å². The van der Waals surface area contributed by atoms with Crippen molar-refractivity contribution in [3.8, 4) is 0 Å². The molecule has 1 aromatic heterocycles. The van der Waals surface area contributed by atoms with E-state index in [-0.39, 0.29) is 6.04 Å². The number of nitrogens with two attached hydrogens (primary N) is 1. The zero-order valence-corrected chi connectivity index (χ0v) is 12.7. The van der Waals surface area contributed by atoms with Crippen LogP contribution in [-0.4, -0.2) is 36.8 Å². The van der Waals surface area contributed by atoms with Crippen LogP contribution < -0.4 is 10.6 Å². The Morgan fingerprint density at radius 2 is 2.24 bits per heavy atom. The van der Waals surface area contributed by atoms with Gasteiger partial charge in [-0.25, -0.2) is 4.98 Å². The van der Waals surface area contributed by atoms with Crippen molar-refractivity contribution >= 4 is 16.7 Å². The minimum atomic E-state index is 0.128. The lowest BCUT2D eigenvalue weighted by atomic mass is 10.0. The van der Waals surface area contributed by atoms with E-state index in [0.29, 0.717) is 6.04 Å². The van der Waals surface area contributed by atoms with E-state index in [1.807, 2.05) is 13.0 Å². The average molecular weight is 285 g/mol. The molecule has 4 heteroatoms. The van der Waals surface area contributed by atoms with Gasteiger partial charge in [0.25, 0.3) is 0 Å². The summed E-state index contributed by atoms with van der Waals surface area (Å²) in [6.07, 6.45) is 0.844. The molecule has 2 atom stereocenters. The van der Waals surface area contributed by atoms with E-state index >= 15 is 0 Å². The summed E-state index contributed by atoms with van der Waals surface area (Å²) in [5.74, 6) is 1.07. The lowest BCUT2D eigenvalue weighted by Crippen LogP contribution is -2.44. The fraction of sp³-hybridized carbons (Fsp3) is 0.471. The molecule has 4 nitrogen and oxygen atoms in total. The molecule has 1 aromatic carbocycles. The third-order valence-corrected chi connectivity index (χ3v) is 3.96. The molecule has 112 valence electrons. The number of aromatic nitrogens is 1. The molecule has 1 fully saturated rings. The maximum atomic E-state index is 6.03. The van der Waals surface area contributed by atoms with Gasteiger partial charge in [-0.15, -0.1) is 0 Å². The molecule has 1 aliphatic rings. The molecule has 21 heavy (non-hydrogen) atoms. The van der Waals surface area contributed by atoms with Gasteiger partial charge in [-0.2, -0.15) is 0 Å². The SMILES string of the molecule is CC(N)Cc1cc2ccccc2nc1N1CCOCC1C. The van der Waals surface area contributed by atoms with Gasteiger partial charge in [0.05, 0.1) is 24.8 Å². The molecule has 2 unspecified atom stereocenters. The van der Waals surface area contributed by atoms with Crippen LogP contribution in [0.2, 0.25) is 0 Å². The Labute approximate surface area is 125 Å². The molecule has 2 aromatic rings. The number of anilines is 1. The topological polar surface area (TPSA) is 51.4 Å². The average Bonchev–Trinajstić information content (AvgIpc) is 2.47. The van der Waals surface area contributed by atoms with E-state index in [4.69, 9.17) is 15.5 Å². The predicted molar refractivity (Wildman–Crippen MR) is 86.7 cm³/mol. The number of rotatable bonds is 3. The van der Waals surface area contributed by atoms with Gasteiger partial charge in [0.2, 0.25) is 0 Å². The van der Waals surface area contributed by atoms with E-state index in [2.05, 4.69) is 36.1 Å². The standard InChI is InChI=1S/C17H23N3O/c1-12(18)9-15-10-14-5-3-4-6-16(14)19-17(15)20-7-8-21-11-13(20)2/h3-6,10,12-13H,7-9,11,18H2,1-2H3. The summed E-state index contributed by atoms with van der Waals surface area (Å²) in [6, 6.07) is 11.0. The van der Waals surface area contributed by atoms with Crippen LogP contribution in [0.3, 0.4) is 0 Å². The Hall–Kier alpha value is -1.65. The first-order chi connectivity index (χ1) is 10.1. The van der Waals surface area contributed by atoms with Gasteiger partial charge in [0.15, 0.2) is 0 Å². The lowest BCUT2D eigenvalue weighted by molar-refractivity contribution is 0.0985. The van der Waals surface area contributed by atoms with Crippen LogP contribution in [0.1, 0.15) is 19.4 Å². The van der Waals surface area contributed by atoms with Crippen LogP contribution in [-0.2, 0) is 11.2 Å². The molecular weight excluding hydrogens is 262 g/mol. The Morgan fingerprint density at radius 1 is 1.43 bits per heavy atom. The Kier molecular flexibility index (Phi) is 4.08. The monoisotopic (exact) mass is 285 g/mol. The van der Waals surface area contributed by atoms with Gasteiger partial charge in [-0.1, -0.05) is 18.2 Å². The number of para-hydroxylation sites is 1. The Bertz CT molecular complexity index is 626. The van der Waals surface area contributed by atoms with Crippen LogP contribution in [0.5, 0.6) is 0 Å². The predicted octanol–water partition coefficient (Wildman–Crippen LogP) is 2.35. The van der Waals surface area contributed by atoms with Crippen molar-refractivity contribution in [3.63, 3.8) is 0 Å². The number of nitrogens with zero attached hydrogens (tertiary/aromatic N) is 2. The minimum absolute atomic E-state index is 0.128. The van der Waals surface area contributed by atoms with Gasteiger partial charge >= 0.3 is 0 Å². The molecule has 0 bridgehead atoms. The first-order valence-corrected chi connectivity index (χ1v) is 7.64. The van der Waals surface area contributed by atoms with E-state index in [9.17, 15) is 0 Å². The highest BCUT2D eigenvalue weighted by Gasteiger charge is 2.23. The third-order valence-electron chi connectivity index (χ3n) is 3.96. The zero-order chi connectivity index (χ0) is 14.8. The second-order valence-corrected chi connectivity index (χ2v) is 5.96. The van der Waals surface area contributed by atoms with Crippen LogP contribution >= 0.6 is 0 Å². The fourth-order valence-electron chi connectivity index (χ4n) is 2.94. The highest BCUT2D eigenvalue weighted by molar-refractivity contribution is 5.82. The number of hydrogen-bond donors (Lipinski definition) is 1. The van der Waals surface area contributed by atoms with E-state index in [0.717, 1.165) is 37.5 Å². The van der Waals surface area contributed by atoms with Crippen molar-refractivity contribution in [1.29, 1.82) is 0 Å². The van der Waals surface area contributed by atoms with Crippen molar-refractivity contribution < 1.29 is 4.74 Å². The summed E-state index contributed by atoms with van der Waals surface area (Å²) in [5.41, 5.74) is 8.31. The number of fused-ring (bicyclic) bond motifs is 1. The lowest BCUT2D eigenvalue weighted by Gasteiger charge is -2.35. The molecular formula is C17H23N3O. The van der Waals surface area contributed by atoms with E-state index in [1.54, 1.807) is 0 Å². The summed E-state index contributed by atoms with van der Waals surface area (Å²) in [6.45, 7) is 6.63. The van der Waals surface area contributed by atoms with Crippen molar-refractivity contribution in [2.45, 2.75) is 32.4 Å². The zero-order valence-electron chi connectivity index (χ0n) is 12.7. The molecule has 0 spiro atoms. The molecule has 0 saturated carbocycles. The molecule has 0 radical (unpaired) electrons. The van der Waals surface area contributed by atoms with Gasteiger partial charge in [-0.3, -0.25) is 0 Å².